The zero-order valence-corrected chi connectivity index (χ0v) is 34.2. The molecule has 0 N–H and O–H groups in total. The first-order valence-corrected chi connectivity index (χ1v) is 22.7. The zero-order valence-electron chi connectivity index (χ0n) is 32.4. The van der Waals surface area contributed by atoms with E-state index in [4.69, 9.17) is 19.9 Å². The fourth-order valence-electron chi connectivity index (χ4n) is 8.55. The molecule has 12 heteroatoms. The summed E-state index contributed by atoms with van der Waals surface area (Å²) in [5.41, 5.74) is 7.73. The minimum Gasteiger partial charge on any atom is -0.341 e. The number of benzene rings is 6. The van der Waals surface area contributed by atoms with Crippen LogP contribution in [0.15, 0.2) is 159 Å². The van der Waals surface area contributed by atoms with E-state index in [-0.39, 0.29) is 0 Å². The molecule has 6 aromatic carbocycles. The van der Waals surface area contributed by atoms with Crippen LogP contribution in [0.5, 0.6) is 0 Å². The Balaban J connectivity index is 1.37. The molecule has 0 saturated heterocycles. The van der Waals surface area contributed by atoms with E-state index >= 15 is 0 Å². The van der Waals surface area contributed by atoms with Crippen molar-refractivity contribution in [2.45, 2.75) is 0 Å². The second-order valence-electron chi connectivity index (χ2n) is 14.8. The van der Waals surface area contributed by atoms with Crippen molar-refractivity contribution in [1.82, 2.24) is 39.9 Å². The number of aromatic nitrogens is 8. The molecule has 0 fully saturated rings. The van der Waals surface area contributed by atoms with Gasteiger partial charge in [-0.3, -0.25) is 0 Å². The van der Waals surface area contributed by atoms with E-state index in [0.29, 0.717) is 0 Å². The van der Waals surface area contributed by atoms with Gasteiger partial charge in [-0.2, -0.15) is 0 Å². The van der Waals surface area contributed by atoms with Crippen molar-refractivity contribution in [2.24, 2.45) is 0 Å². The Bertz CT molecular complexity index is 3080. The average molecular weight is 802 g/mol. The summed E-state index contributed by atoms with van der Waals surface area (Å²) in [6.45, 7) is 2.44. The van der Waals surface area contributed by atoms with Crippen LogP contribution in [0.25, 0.3) is 43.6 Å². The Labute approximate surface area is 341 Å². The molecule has 0 radical (unpaired) electrons. The van der Waals surface area contributed by atoms with E-state index in [1.807, 2.05) is 24.8 Å². The average Bonchev–Trinajstić information content (AvgIpc) is 3.30. The summed E-state index contributed by atoms with van der Waals surface area (Å²) in [5, 5.41) is 11.0. The standard InChI is InChI=1S/C47H35N10P2/c1-56-40-14-30-22-48-28-54-38(30)20-45(40)58(34-10-6-4-7-11-34)44-16-32-24-50-26-52-36(32)18-41(44)57(2)43-19-37-33(25-51-27-53-37)17-46(43)59(3,35-12-8-5-9-13-35)47-21-39-31(15-42(47)56)23-49-29-55-39/h4-29H,1-3H3/q+1. The zero-order chi connectivity index (χ0) is 39.7. The van der Waals surface area contributed by atoms with Gasteiger partial charge in [-0.05, 0) is 67.8 Å². The Hall–Kier alpha value is -6.86. The van der Waals surface area contributed by atoms with Gasteiger partial charge in [0.05, 0.1) is 51.5 Å². The van der Waals surface area contributed by atoms with Gasteiger partial charge in [0.2, 0.25) is 0 Å². The molecule has 0 saturated carbocycles. The van der Waals surface area contributed by atoms with E-state index in [1.54, 1.807) is 25.3 Å². The molecule has 4 aromatic heterocycles. The highest BCUT2D eigenvalue weighted by Crippen LogP contribution is 2.58. The van der Waals surface area contributed by atoms with Crippen LogP contribution >= 0.6 is 15.2 Å². The first kappa shape index (κ1) is 35.3. The molecule has 10 aromatic rings. The minimum atomic E-state index is -2.57. The van der Waals surface area contributed by atoms with Gasteiger partial charge in [-0.25, -0.2) is 39.9 Å². The van der Waals surface area contributed by atoms with Crippen LogP contribution in [0.3, 0.4) is 0 Å². The first-order valence-electron chi connectivity index (χ1n) is 19.2. The third-order valence-corrected chi connectivity index (χ3v) is 18.1. The second kappa shape index (κ2) is 13.9. The van der Waals surface area contributed by atoms with Crippen molar-refractivity contribution in [3.8, 4) is 0 Å². The molecular weight excluding hydrogens is 767 g/mol. The number of hydrogen-bond donors (Lipinski definition) is 0. The molecule has 0 bridgehead atoms. The van der Waals surface area contributed by atoms with Crippen LogP contribution in [0.4, 0.5) is 22.7 Å². The predicted octanol–water partition coefficient (Wildman–Crippen LogP) is 6.99. The monoisotopic (exact) mass is 801 g/mol. The van der Waals surface area contributed by atoms with Crippen molar-refractivity contribution in [1.29, 1.82) is 0 Å². The number of nitrogens with zero attached hydrogens (tertiary/aromatic N) is 10. The van der Waals surface area contributed by atoms with Crippen LogP contribution in [0.2, 0.25) is 0 Å². The largest absolute Gasteiger partial charge is 0.341 e. The van der Waals surface area contributed by atoms with Gasteiger partial charge >= 0.3 is 0 Å². The number of hydrogen-bond acceptors (Lipinski definition) is 10. The lowest BCUT2D eigenvalue weighted by Crippen LogP contribution is -2.38. The third-order valence-electron chi connectivity index (χ3n) is 11.6. The predicted molar refractivity (Wildman–Crippen MR) is 245 cm³/mol. The molecule has 11 rings (SSSR count). The summed E-state index contributed by atoms with van der Waals surface area (Å²) >= 11 is 0. The number of anilines is 4. The van der Waals surface area contributed by atoms with E-state index in [9.17, 15) is 0 Å². The van der Waals surface area contributed by atoms with Crippen LogP contribution < -0.4 is 41.6 Å². The van der Waals surface area contributed by atoms with E-state index < -0.39 is 15.2 Å². The topological polar surface area (TPSA) is 110 Å². The summed E-state index contributed by atoms with van der Waals surface area (Å²) < 4.78 is 0. The Morgan fingerprint density at radius 2 is 0.864 bits per heavy atom. The van der Waals surface area contributed by atoms with E-state index in [0.717, 1.165) is 71.7 Å². The van der Waals surface area contributed by atoms with Gasteiger partial charge in [0, 0.05) is 77.1 Å². The molecular formula is C47H35N10P2+. The van der Waals surface area contributed by atoms with Crippen LogP contribution in [0, 0.1) is 0 Å². The lowest BCUT2D eigenvalue weighted by Gasteiger charge is -2.36. The maximum Gasteiger partial charge on any atom is 0.130 e. The fourth-order valence-corrected chi connectivity index (χ4v) is 15.0. The highest BCUT2D eigenvalue weighted by atomic mass is 31.2. The lowest BCUT2D eigenvalue weighted by molar-refractivity contribution is 1.19. The molecule has 0 aliphatic carbocycles. The number of fused-ring (bicyclic) bond motifs is 8. The maximum absolute atomic E-state index is 4.85. The molecule has 0 amide bonds. The van der Waals surface area contributed by atoms with Crippen LogP contribution in [0.1, 0.15) is 0 Å². The normalized spacial score (nSPS) is 16.6. The van der Waals surface area contributed by atoms with Gasteiger partial charge in [-0.1, -0.05) is 48.5 Å². The molecule has 1 aliphatic rings. The van der Waals surface area contributed by atoms with Crippen molar-refractivity contribution in [3.63, 3.8) is 0 Å². The van der Waals surface area contributed by atoms with Gasteiger partial charge in [0.25, 0.3) is 0 Å². The quantitative estimate of drug-likeness (QED) is 0.170. The van der Waals surface area contributed by atoms with Crippen LogP contribution in [-0.2, 0) is 0 Å². The minimum absolute atomic E-state index is 0.867. The molecule has 282 valence electrons. The lowest BCUT2D eigenvalue weighted by atomic mass is 10.1. The Kier molecular flexibility index (Phi) is 8.33. The molecule has 59 heavy (non-hydrogen) atoms. The highest BCUT2D eigenvalue weighted by molar-refractivity contribution is 7.95. The molecule has 1 aliphatic heterocycles. The number of rotatable bonds is 2. The molecule has 10 nitrogen and oxygen atoms in total. The van der Waals surface area contributed by atoms with Crippen molar-refractivity contribution in [2.75, 3.05) is 30.6 Å². The SMILES string of the molecule is CN1c2cc3ncncc3cc2P(c2ccccc2)c2cc3ncncc3cc2N(C)c2cc3cncnc3cc2[P+](C)(c2ccccc2)c2cc3cncnc3cc21. The molecule has 2 unspecified atom stereocenters. The molecule has 5 heterocycles. The summed E-state index contributed by atoms with van der Waals surface area (Å²) in [4.78, 5) is 42.0. The van der Waals surface area contributed by atoms with Gasteiger partial charge in [0.15, 0.2) is 0 Å². The van der Waals surface area contributed by atoms with Crippen molar-refractivity contribution in [3.05, 3.63) is 159 Å². The fraction of sp³-hybridized carbons (Fsp3) is 0.0638. The first-order chi connectivity index (χ1) is 29.0. The Morgan fingerprint density at radius 3 is 1.47 bits per heavy atom. The van der Waals surface area contributed by atoms with Gasteiger partial charge in [-0.15, -0.1) is 0 Å². The van der Waals surface area contributed by atoms with Crippen LogP contribution in [-0.4, -0.2) is 60.6 Å². The van der Waals surface area contributed by atoms with Crippen molar-refractivity contribution < 1.29 is 0 Å². The van der Waals surface area contributed by atoms with Gasteiger partial charge in [0.1, 0.15) is 48.5 Å². The second-order valence-corrected chi connectivity index (χ2v) is 20.5. The molecule has 0 spiro atoms. The van der Waals surface area contributed by atoms with E-state index in [1.165, 1.54) is 26.5 Å². The summed E-state index contributed by atoms with van der Waals surface area (Å²) in [6, 6.07) is 40.0. The Morgan fingerprint density at radius 1 is 0.441 bits per heavy atom. The summed E-state index contributed by atoms with van der Waals surface area (Å²) in [7, 11) is 0.565. The highest BCUT2D eigenvalue weighted by Gasteiger charge is 2.47. The third kappa shape index (κ3) is 5.70. The maximum atomic E-state index is 4.85. The summed E-state index contributed by atoms with van der Waals surface area (Å²) in [5.74, 6) is 0. The smallest absolute Gasteiger partial charge is 0.130 e. The van der Waals surface area contributed by atoms with E-state index in [2.05, 4.69) is 160 Å². The summed E-state index contributed by atoms with van der Waals surface area (Å²) in [6.07, 6.45) is 14.2. The van der Waals surface area contributed by atoms with Crippen molar-refractivity contribution >= 4 is 113 Å². The molecule has 2 atom stereocenters. The van der Waals surface area contributed by atoms with Gasteiger partial charge < -0.3 is 9.80 Å².